The third-order valence-corrected chi connectivity index (χ3v) is 3.46. The minimum Gasteiger partial charge on any atom is -0.412 e. The van der Waals surface area contributed by atoms with Crippen LogP contribution < -0.4 is 5.32 Å². The lowest BCUT2D eigenvalue weighted by Gasteiger charge is -2.03. The van der Waals surface area contributed by atoms with E-state index in [4.69, 9.17) is 4.42 Å². The molecule has 0 spiro atoms. The van der Waals surface area contributed by atoms with Crippen LogP contribution in [-0.4, -0.2) is 16.1 Å². The van der Waals surface area contributed by atoms with Crippen molar-refractivity contribution in [2.45, 2.75) is 20.4 Å². The average molecular weight is 307 g/mol. The Labute approximate surface area is 134 Å². The third kappa shape index (κ3) is 3.63. The molecule has 0 saturated heterocycles. The molecular formula is C18H17N3O2. The molecule has 5 nitrogen and oxygen atoms in total. The predicted octanol–water partition coefficient (Wildman–Crippen LogP) is 3.28. The van der Waals surface area contributed by atoms with Gasteiger partial charge in [0.2, 0.25) is 5.89 Å². The summed E-state index contributed by atoms with van der Waals surface area (Å²) in [5.41, 5.74) is 4.09. The van der Waals surface area contributed by atoms with Gasteiger partial charge in [0, 0.05) is 12.1 Å². The van der Waals surface area contributed by atoms with Crippen molar-refractivity contribution in [3.8, 4) is 11.5 Å². The van der Waals surface area contributed by atoms with E-state index >= 15 is 0 Å². The van der Waals surface area contributed by atoms with E-state index in [1.54, 1.807) is 0 Å². The summed E-state index contributed by atoms with van der Waals surface area (Å²) in [5, 5.41) is 10.5. The fourth-order valence-electron chi connectivity index (χ4n) is 2.17. The second-order valence-corrected chi connectivity index (χ2v) is 5.45. The SMILES string of the molecule is Cc1ccc(CNC(=O)c2nnc(-c3cccc(C)c3)o2)cc1. The van der Waals surface area contributed by atoms with E-state index in [-0.39, 0.29) is 11.8 Å². The van der Waals surface area contributed by atoms with Crippen molar-refractivity contribution in [1.29, 1.82) is 0 Å². The first kappa shape index (κ1) is 15.0. The highest BCUT2D eigenvalue weighted by atomic mass is 16.4. The molecule has 116 valence electrons. The number of hydrogen-bond acceptors (Lipinski definition) is 4. The Morgan fingerprint density at radius 3 is 2.57 bits per heavy atom. The maximum atomic E-state index is 12.1. The molecule has 5 heteroatoms. The van der Waals surface area contributed by atoms with E-state index in [1.165, 1.54) is 5.56 Å². The molecule has 1 N–H and O–H groups in total. The van der Waals surface area contributed by atoms with Crippen molar-refractivity contribution in [2.24, 2.45) is 0 Å². The summed E-state index contributed by atoms with van der Waals surface area (Å²) in [6.07, 6.45) is 0. The van der Waals surface area contributed by atoms with Crippen LogP contribution in [-0.2, 0) is 6.54 Å². The van der Waals surface area contributed by atoms with Gasteiger partial charge in [0.1, 0.15) is 0 Å². The minimum absolute atomic E-state index is 0.0337. The van der Waals surface area contributed by atoms with Crippen molar-refractivity contribution in [3.05, 3.63) is 71.1 Å². The topological polar surface area (TPSA) is 68.0 Å². The summed E-state index contributed by atoms with van der Waals surface area (Å²) < 4.78 is 5.46. The van der Waals surface area contributed by atoms with Gasteiger partial charge >= 0.3 is 11.8 Å². The van der Waals surface area contributed by atoms with Crippen LogP contribution in [0, 0.1) is 13.8 Å². The lowest BCUT2D eigenvalue weighted by molar-refractivity contribution is 0.0917. The maximum Gasteiger partial charge on any atom is 0.309 e. The Kier molecular flexibility index (Phi) is 4.19. The van der Waals surface area contributed by atoms with Crippen LogP contribution in [0.4, 0.5) is 0 Å². The first-order chi connectivity index (χ1) is 11.1. The molecule has 0 bridgehead atoms. The Bertz CT molecular complexity index is 822. The van der Waals surface area contributed by atoms with Gasteiger partial charge in [0.15, 0.2) is 0 Å². The molecule has 2 aromatic carbocycles. The zero-order valence-corrected chi connectivity index (χ0v) is 13.0. The largest absolute Gasteiger partial charge is 0.412 e. The van der Waals surface area contributed by atoms with Gasteiger partial charge in [-0.3, -0.25) is 4.79 Å². The quantitative estimate of drug-likeness (QED) is 0.803. The van der Waals surface area contributed by atoms with Crippen molar-refractivity contribution >= 4 is 5.91 Å². The molecule has 0 aliphatic rings. The van der Waals surface area contributed by atoms with Gasteiger partial charge in [-0.05, 0) is 31.5 Å². The Morgan fingerprint density at radius 1 is 1.04 bits per heavy atom. The normalized spacial score (nSPS) is 10.5. The summed E-state index contributed by atoms with van der Waals surface area (Å²) in [4.78, 5) is 12.1. The highest BCUT2D eigenvalue weighted by molar-refractivity contribution is 5.89. The van der Waals surface area contributed by atoms with E-state index in [2.05, 4.69) is 15.5 Å². The highest BCUT2D eigenvalue weighted by Gasteiger charge is 2.15. The standard InChI is InChI=1S/C18H17N3O2/c1-12-6-8-14(9-7-12)11-19-16(22)18-21-20-17(23-18)15-5-3-4-13(2)10-15/h3-10H,11H2,1-2H3,(H,19,22). The van der Waals surface area contributed by atoms with Gasteiger partial charge in [-0.25, -0.2) is 0 Å². The second kappa shape index (κ2) is 6.44. The van der Waals surface area contributed by atoms with Crippen molar-refractivity contribution < 1.29 is 9.21 Å². The summed E-state index contributed by atoms with van der Waals surface area (Å²) in [7, 11) is 0. The lowest BCUT2D eigenvalue weighted by Crippen LogP contribution is -2.23. The van der Waals surface area contributed by atoms with Gasteiger partial charge in [-0.1, -0.05) is 47.5 Å². The number of hydrogen-bond donors (Lipinski definition) is 1. The number of amides is 1. The molecule has 1 aromatic heterocycles. The molecule has 0 unspecified atom stereocenters. The van der Waals surface area contributed by atoms with E-state index in [0.29, 0.717) is 12.4 Å². The van der Waals surface area contributed by atoms with Gasteiger partial charge in [-0.2, -0.15) is 0 Å². The molecule has 0 aliphatic carbocycles. The number of aryl methyl sites for hydroxylation is 2. The Hall–Kier alpha value is -2.95. The first-order valence-corrected chi connectivity index (χ1v) is 7.36. The molecule has 3 aromatic rings. The van der Waals surface area contributed by atoms with E-state index < -0.39 is 0 Å². The van der Waals surface area contributed by atoms with Crippen LogP contribution in [0.3, 0.4) is 0 Å². The molecule has 0 aliphatic heterocycles. The molecule has 0 radical (unpaired) electrons. The van der Waals surface area contributed by atoms with Gasteiger partial charge in [0.25, 0.3) is 0 Å². The fraction of sp³-hybridized carbons (Fsp3) is 0.167. The summed E-state index contributed by atoms with van der Waals surface area (Å²) in [6, 6.07) is 15.6. The number of benzene rings is 2. The number of nitrogens with zero attached hydrogens (tertiary/aromatic N) is 2. The number of aromatic nitrogens is 2. The van der Waals surface area contributed by atoms with Crippen molar-refractivity contribution in [2.75, 3.05) is 0 Å². The van der Waals surface area contributed by atoms with Crippen molar-refractivity contribution in [3.63, 3.8) is 0 Å². The molecule has 1 heterocycles. The number of rotatable bonds is 4. The van der Waals surface area contributed by atoms with Gasteiger partial charge in [0.05, 0.1) is 0 Å². The first-order valence-electron chi connectivity index (χ1n) is 7.36. The fourth-order valence-corrected chi connectivity index (χ4v) is 2.17. The summed E-state index contributed by atoms with van der Waals surface area (Å²) >= 11 is 0. The Balaban J connectivity index is 1.67. The molecule has 0 fully saturated rings. The van der Waals surface area contributed by atoms with Crippen LogP contribution in [0.1, 0.15) is 27.4 Å². The lowest BCUT2D eigenvalue weighted by atomic mass is 10.1. The number of carbonyl (C=O) groups excluding carboxylic acids is 1. The molecule has 0 saturated carbocycles. The monoisotopic (exact) mass is 307 g/mol. The van der Waals surface area contributed by atoms with E-state index in [1.807, 2.05) is 62.4 Å². The minimum atomic E-state index is -0.378. The van der Waals surface area contributed by atoms with Gasteiger partial charge < -0.3 is 9.73 Å². The summed E-state index contributed by atoms with van der Waals surface area (Å²) in [6.45, 7) is 4.42. The van der Waals surface area contributed by atoms with Crippen LogP contribution in [0.25, 0.3) is 11.5 Å². The van der Waals surface area contributed by atoms with Gasteiger partial charge in [-0.15, -0.1) is 10.2 Å². The van der Waals surface area contributed by atoms with E-state index in [9.17, 15) is 4.79 Å². The van der Waals surface area contributed by atoms with Crippen LogP contribution >= 0.6 is 0 Å². The predicted molar refractivity (Wildman–Crippen MR) is 86.8 cm³/mol. The Morgan fingerprint density at radius 2 is 1.83 bits per heavy atom. The van der Waals surface area contributed by atoms with Crippen LogP contribution in [0.15, 0.2) is 52.9 Å². The zero-order chi connectivity index (χ0) is 16.2. The van der Waals surface area contributed by atoms with Crippen LogP contribution in [0.5, 0.6) is 0 Å². The summed E-state index contributed by atoms with van der Waals surface area (Å²) in [5.74, 6) is -0.0696. The van der Waals surface area contributed by atoms with Crippen LogP contribution in [0.2, 0.25) is 0 Å². The average Bonchev–Trinajstić information content (AvgIpc) is 3.04. The van der Waals surface area contributed by atoms with E-state index in [0.717, 1.165) is 16.7 Å². The molecular weight excluding hydrogens is 290 g/mol. The zero-order valence-electron chi connectivity index (χ0n) is 13.0. The highest BCUT2D eigenvalue weighted by Crippen LogP contribution is 2.18. The molecule has 3 rings (SSSR count). The molecule has 0 atom stereocenters. The maximum absolute atomic E-state index is 12.1. The second-order valence-electron chi connectivity index (χ2n) is 5.45. The van der Waals surface area contributed by atoms with Crippen molar-refractivity contribution in [1.82, 2.24) is 15.5 Å². The number of carbonyl (C=O) groups is 1. The molecule has 23 heavy (non-hydrogen) atoms. The smallest absolute Gasteiger partial charge is 0.309 e. The third-order valence-electron chi connectivity index (χ3n) is 3.46. The number of nitrogens with one attached hydrogen (secondary N) is 1. The molecule has 1 amide bonds.